The fraction of sp³-hybridized carbons (Fsp3) is 0.385. The summed E-state index contributed by atoms with van der Waals surface area (Å²) in [6.07, 6.45) is 1.17. The SMILES string of the molecule is CCC(C)COc1cc(F)cc(C(=O)N2CCC(C(=NC)c3cc(F)cc(F)c3)=C(N)[C@H]2C)c1Cl. The Kier molecular flexibility index (Phi) is 8.48. The summed E-state index contributed by atoms with van der Waals surface area (Å²) >= 11 is 6.44. The Morgan fingerprint density at radius 1 is 1.20 bits per heavy atom. The largest absolute Gasteiger partial charge is 0.492 e. The van der Waals surface area contributed by atoms with Gasteiger partial charge in [0.05, 0.1) is 28.9 Å². The van der Waals surface area contributed by atoms with Crippen LogP contribution in [0.5, 0.6) is 5.75 Å². The number of nitrogens with zero attached hydrogens (tertiary/aromatic N) is 2. The first kappa shape index (κ1) is 26.6. The van der Waals surface area contributed by atoms with E-state index < -0.39 is 29.4 Å². The van der Waals surface area contributed by atoms with Gasteiger partial charge in [-0.1, -0.05) is 31.9 Å². The third kappa shape index (κ3) is 5.81. The Labute approximate surface area is 208 Å². The smallest absolute Gasteiger partial charge is 0.256 e. The van der Waals surface area contributed by atoms with Crippen LogP contribution in [0, 0.1) is 23.4 Å². The number of ether oxygens (including phenoxy) is 1. The maximum absolute atomic E-state index is 14.4. The molecule has 0 aliphatic carbocycles. The molecule has 1 aliphatic heterocycles. The minimum atomic E-state index is -0.729. The monoisotopic (exact) mass is 507 g/mol. The van der Waals surface area contributed by atoms with Gasteiger partial charge >= 0.3 is 0 Å². The van der Waals surface area contributed by atoms with Crippen molar-refractivity contribution in [3.05, 3.63) is 75.2 Å². The highest BCUT2D eigenvalue weighted by Gasteiger charge is 2.32. The van der Waals surface area contributed by atoms with Gasteiger partial charge in [-0.15, -0.1) is 0 Å². The van der Waals surface area contributed by atoms with Crippen LogP contribution in [-0.4, -0.2) is 42.8 Å². The Morgan fingerprint density at radius 3 is 2.43 bits per heavy atom. The molecular weight excluding hydrogens is 479 g/mol. The average Bonchev–Trinajstić information content (AvgIpc) is 2.81. The zero-order valence-electron chi connectivity index (χ0n) is 20.2. The van der Waals surface area contributed by atoms with Gasteiger partial charge in [0, 0.05) is 42.6 Å². The highest BCUT2D eigenvalue weighted by Crippen LogP contribution is 2.33. The van der Waals surface area contributed by atoms with Crippen molar-refractivity contribution < 1.29 is 22.7 Å². The molecule has 1 aliphatic rings. The zero-order chi connectivity index (χ0) is 25.9. The van der Waals surface area contributed by atoms with Gasteiger partial charge in [0.15, 0.2) is 0 Å². The topological polar surface area (TPSA) is 67.9 Å². The summed E-state index contributed by atoms with van der Waals surface area (Å²) < 4.78 is 47.6. The summed E-state index contributed by atoms with van der Waals surface area (Å²) in [5.74, 6) is -2.25. The number of carbonyl (C=O) groups excluding carboxylic acids is 1. The van der Waals surface area contributed by atoms with Gasteiger partial charge in [0.1, 0.15) is 23.2 Å². The maximum atomic E-state index is 14.4. The lowest BCUT2D eigenvalue weighted by Crippen LogP contribution is -2.46. The fourth-order valence-corrected chi connectivity index (χ4v) is 4.23. The number of amides is 1. The number of halogens is 4. The zero-order valence-corrected chi connectivity index (χ0v) is 20.9. The van der Waals surface area contributed by atoms with E-state index in [1.165, 1.54) is 24.1 Å². The third-order valence-electron chi connectivity index (χ3n) is 6.23. The molecule has 35 heavy (non-hydrogen) atoms. The van der Waals surface area contributed by atoms with Crippen LogP contribution in [0.25, 0.3) is 0 Å². The van der Waals surface area contributed by atoms with Crippen LogP contribution in [0.1, 0.15) is 49.5 Å². The molecule has 9 heteroatoms. The van der Waals surface area contributed by atoms with Gasteiger partial charge in [0.2, 0.25) is 0 Å². The van der Waals surface area contributed by atoms with E-state index in [-0.39, 0.29) is 40.8 Å². The lowest BCUT2D eigenvalue weighted by Gasteiger charge is -2.36. The fourth-order valence-electron chi connectivity index (χ4n) is 3.98. The van der Waals surface area contributed by atoms with Crippen LogP contribution >= 0.6 is 11.6 Å². The highest BCUT2D eigenvalue weighted by atomic mass is 35.5. The van der Waals surface area contributed by atoms with Gasteiger partial charge in [0.25, 0.3) is 5.91 Å². The highest BCUT2D eigenvalue weighted by molar-refractivity contribution is 6.35. The Bertz CT molecular complexity index is 1160. The predicted octanol–water partition coefficient (Wildman–Crippen LogP) is 5.75. The molecule has 2 aromatic rings. The summed E-state index contributed by atoms with van der Waals surface area (Å²) in [6.45, 7) is 6.29. The Morgan fingerprint density at radius 2 is 1.83 bits per heavy atom. The molecule has 0 saturated heterocycles. The van der Waals surface area contributed by atoms with E-state index in [0.29, 0.717) is 23.6 Å². The molecule has 0 bridgehead atoms. The minimum Gasteiger partial charge on any atom is -0.492 e. The summed E-state index contributed by atoms with van der Waals surface area (Å²) in [7, 11) is 1.51. The third-order valence-corrected chi connectivity index (χ3v) is 6.62. The van der Waals surface area contributed by atoms with Crippen molar-refractivity contribution in [2.45, 2.75) is 39.7 Å². The molecule has 0 saturated carbocycles. The Balaban J connectivity index is 1.91. The Hall–Kier alpha value is -3.00. The van der Waals surface area contributed by atoms with E-state index in [0.717, 1.165) is 24.6 Å². The molecule has 1 unspecified atom stereocenters. The minimum absolute atomic E-state index is 0.0227. The van der Waals surface area contributed by atoms with Crippen molar-refractivity contribution in [2.24, 2.45) is 16.6 Å². The molecule has 0 radical (unpaired) electrons. The first-order chi connectivity index (χ1) is 16.6. The molecule has 2 atom stereocenters. The average molecular weight is 508 g/mol. The molecule has 3 rings (SSSR count). The van der Waals surface area contributed by atoms with Crippen LogP contribution in [0.3, 0.4) is 0 Å². The molecule has 5 nitrogen and oxygen atoms in total. The van der Waals surface area contributed by atoms with Crippen LogP contribution in [0.15, 0.2) is 46.6 Å². The summed E-state index contributed by atoms with van der Waals surface area (Å²) in [4.78, 5) is 19.1. The number of nitrogens with two attached hydrogens (primary N) is 1. The maximum Gasteiger partial charge on any atom is 0.256 e. The van der Waals surface area contributed by atoms with E-state index in [4.69, 9.17) is 22.1 Å². The second-order valence-electron chi connectivity index (χ2n) is 8.68. The second-order valence-corrected chi connectivity index (χ2v) is 9.06. The van der Waals surface area contributed by atoms with Gasteiger partial charge in [-0.05, 0) is 37.5 Å². The predicted molar refractivity (Wildman–Crippen MR) is 132 cm³/mol. The number of hydrogen-bond acceptors (Lipinski definition) is 4. The van der Waals surface area contributed by atoms with E-state index in [9.17, 15) is 18.0 Å². The van der Waals surface area contributed by atoms with Crippen LogP contribution in [0.4, 0.5) is 13.2 Å². The van der Waals surface area contributed by atoms with E-state index in [2.05, 4.69) is 4.99 Å². The molecule has 0 spiro atoms. The molecule has 0 fully saturated rings. The standard InChI is InChI=1S/C26H29ClF3N3O2/c1-5-14(2)13-35-22-12-19(30)11-21(23(22)27)26(34)33-7-6-20(24(31)15(33)3)25(32-4)16-8-17(28)10-18(29)9-16/h8-12,14-15H,5-7,13,31H2,1-4H3/t14?,15-/m1/s1. The molecule has 0 aromatic heterocycles. The van der Waals surface area contributed by atoms with Crippen molar-refractivity contribution in [1.82, 2.24) is 4.90 Å². The van der Waals surface area contributed by atoms with Crippen LogP contribution in [0.2, 0.25) is 5.02 Å². The lowest BCUT2D eigenvalue weighted by atomic mass is 9.91. The molecule has 1 heterocycles. The number of hydrogen-bond donors (Lipinski definition) is 1. The van der Waals surface area contributed by atoms with Crippen molar-refractivity contribution in [3.8, 4) is 5.75 Å². The quantitative estimate of drug-likeness (QED) is 0.485. The van der Waals surface area contributed by atoms with Gasteiger partial charge in [-0.25, -0.2) is 13.2 Å². The van der Waals surface area contributed by atoms with E-state index in [1.807, 2.05) is 13.8 Å². The number of aliphatic imine (C=N–C) groups is 1. The lowest BCUT2D eigenvalue weighted by molar-refractivity contribution is 0.0705. The van der Waals surface area contributed by atoms with Gasteiger partial charge in [-0.2, -0.15) is 0 Å². The number of benzene rings is 2. The molecule has 2 N–H and O–H groups in total. The van der Waals surface area contributed by atoms with Crippen LogP contribution < -0.4 is 10.5 Å². The molecular formula is C26H29ClF3N3O2. The summed E-state index contributed by atoms with van der Waals surface area (Å²) in [5, 5.41) is 0.0336. The normalized spacial score (nSPS) is 17.5. The van der Waals surface area contributed by atoms with Crippen molar-refractivity contribution in [1.29, 1.82) is 0 Å². The number of rotatable bonds is 7. The molecule has 188 valence electrons. The number of carbonyl (C=O) groups is 1. The van der Waals surface area contributed by atoms with Gasteiger partial charge < -0.3 is 15.4 Å². The van der Waals surface area contributed by atoms with E-state index >= 15 is 0 Å². The molecule has 1 amide bonds. The van der Waals surface area contributed by atoms with Crippen molar-refractivity contribution in [3.63, 3.8) is 0 Å². The summed E-state index contributed by atoms with van der Waals surface area (Å²) in [5.41, 5.74) is 7.91. The van der Waals surface area contributed by atoms with Crippen molar-refractivity contribution >= 4 is 23.2 Å². The summed E-state index contributed by atoms with van der Waals surface area (Å²) in [6, 6.07) is 4.79. The van der Waals surface area contributed by atoms with Crippen molar-refractivity contribution in [2.75, 3.05) is 20.2 Å². The van der Waals surface area contributed by atoms with E-state index in [1.54, 1.807) is 6.92 Å². The molecule has 2 aromatic carbocycles. The first-order valence-corrected chi connectivity index (χ1v) is 11.8. The second kappa shape index (κ2) is 11.2. The first-order valence-electron chi connectivity index (χ1n) is 11.4. The van der Waals surface area contributed by atoms with Crippen LogP contribution in [-0.2, 0) is 0 Å². The van der Waals surface area contributed by atoms with Gasteiger partial charge in [-0.3, -0.25) is 9.79 Å².